The highest BCUT2D eigenvalue weighted by atomic mass is 16.1. The van der Waals surface area contributed by atoms with Crippen molar-refractivity contribution in [3.05, 3.63) is 28.3 Å². The van der Waals surface area contributed by atoms with Gasteiger partial charge in [0.15, 0.2) is 0 Å². The van der Waals surface area contributed by atoms with Crippen LogP contribution in [-0.4, -0.2) is 12.5 Å². The van der Waals surface area contributed by atoms with Crippen LogP contribution in [0.25, 0.3) is 0 Å². The molecule has 21 heavy (non-hydrogen) atoms. The van der Waals surface area contributed by atoms with E-state index in [0.29, 0.717) is 6.42 Å². The summed E-state index contributed by atoms with van der Waals surface area (Å²) in [4.78, 5) is 12.2. The molecule has 0 saturated heterocycles. The summed E-state index contributed by atoms with van der Waals surface area (Å²) in [5.74, 6) is 0.182. The maximum atomic E-state index is 12.2. The monoisotopic (exact) mass is 286 g/mol. The Morgan fingerprint density at radius 3 is 2.29 bits per heavy atom. The van der Waals surface area contributed by atoms with Crippen molar-refractivity contribution in [1.29, 1.82) is 0 Å². The first kappa shape index (κ1) is 14.6. The maximum absolute atomic E-state index is 12.2. The minimum atomic E-state index is 0.182. The summed E-state index contributed by atoms with van der Waals surface area (Å²) >= 11 is 0. The van der Waals surface area contributed by atoms with Gasteiger partial charge in [-0.15, -0.1) is 0 Å². The van der Waals surface area contributed by atoms with Crippen LogP contribution in [0.15, 0.2) is 6.07 Å². The summed E-state index contributed by atoms with van der Waals surface area (Å²) in [7, 11) is 0. The SMILES string of the molecule is NCCCCCC(=O)Nc1c2c(cc3c1CCC3)CCC2. The third-order valence-corrected chi connectivity index (χ3v) is 4.85. The van der Waals surface area contributed by atoms with Crippen LogP contribution in [-0.2, 0) is 30.5 Å². The Hall–Kier alpha value is -1.35. The molecular weight excluding hydrogens is 260 g/mol. The first-order valence-electron chi connectivity index (χ1n) is 8.46. The molecule has 0 spiro atoms. The Bertz CT molecular complexity index is 504. The zero-order valence-corrected chi connectivity index (χ0v) is 12.8. The summed E-state index contributed by atoms with van der Waals surface area (Å²) in [5, 5.41) is 3.25. The van der Waals surface area contributed by atoms with Crippen molar-refractivity contribution in [2.45, 2.75) is 64.2 Å². The number of unbranched alkanes of at least 4 members (excludes halogenated alkanes) is 2. The fraction of sp³-hybridized carbons (Fsp3) is 0.611. The minimum absolute atomic E-state index is 0.182. The second-order valence-corrected chi connectivity index (χ2v) is 6.38. The second-order valence-electron chi connectivity index (χ2n) is 6.38. The van der Waals surface area contributed by atoms with Crippen LogP contribution in [0.2, 0.25) is 0 Å². The molecule has 3 N–H and O–H groups in total. The van der Waals surface area contributed by atoms with Gasteiger partial charge in [-0.1, -0.05) is 12.5 Å². The largest absolute Gasteiger partial charge is 0.330 e. The molecule has 0 aromatic heterocycles. The van der Waals surface area contributed by atoms with E-state index in [0.717, 1.165) is 38.6 Å². The van der Waals surface area contributed by atoms with Gasteiger partial charge in [-0.05, 0) is 80.2 Å². The Balaban J connectivity index is 1.72. The van der Waals surface area contributed by atoms with Crippen LogP contribution in [0.4, 0.5) is 5.69 Å². The smallest absolute Gasteiger partial charge is 0.224 e. The lowest BCUT2D eigenvalue weighted by Crippen LogP contribution is -2.15. The molecule has 0 fully saturated rings. The number of nitrogens with one attached hydrogen (secondary N) is 1. The molecule has 3 heteroatoms. The molecule has 0 unspecified atom stereocenters. The van der Waals surface area contributed by atoms with Crippen LogP contribution in [0.1, 0.15) is 60.8 Å². The number of anilines is 1. The van der Waals surface area contributed by atoms with Gasteiger partial charge in [0.2, 0.25) is 5.91 Å². The standard InChI is InChI=1S/C18H26N2O/c19-11-3-1-2-10-17(21)20-18-15-8-4-6-13(15)12-14-7-5-9-16(14)18/h12H,1-11,19H2,(H,20,21). The lowest BCUT2D eigenvalue weighted by molar-refractivity contribution is -0.116. The van der Waals surface area contributed by atoms with Gasteiger partial charge in [0.25, 0.3) is 0 Å². The first-order valence-corrected chi connectivity index (χ1v) is 8.46. The molecule has 3 rings (SSSR count). The lowest BCUT2D eigenvalue weighted by atomic mass is 9.98. The molecule has 0 atom stereocenters. The number of aryl methyl sites for hydroxylation is 2. The van der Waals surface area contributed by atoms with Crippen molar-refractivity contribution in [3.8, 4) is 0 Å². The van der Waals surface area contributed by atoms with Crippen molar-refractivity contribution in [3.63, 3.8) is 0 Å². The number of fused-ring (bicyclic) bond motifs is 2. The van der Waals surface area contributed by atoms with E-state index in [1.807, 2.05) is 0 Å². The van der Waals surface area contributed by atoms with Gasteiger partial charge in [-0.25, -0.2) is 0 Å². The van der Waals surface area contributed by atoms with Crippen LogP contribution >= 0.6 is 0 Å². The van der Waals surface area contributed by atoms with Crippen LogP contribution < -0.4 is 11.1 Å². The molecular formula is C18H26N2O. The summed E-state index contributed by atoms with van der Waals surface area (Å²) < 4.78 is 0. The average molecular weight is 286 g/mol. The van der Waals surface area contributed by atoms with E-state index in [-0.39, 0.29) is 5.91 Å². The van der Waals surface area contributed by atoms with Crippen LogP contribution in [0, 0.1) is 0 Å². The molecule has 2 aliphatic carbocycles. The quantitative estimate of drug-likeness (QED) is 0.789. The van der Waals surface area contributed by atoms with Crippen molar-refractivity contribution in [2.24, 2.45) is 5.73 Å². The predicted molar refractivity (Wildman–Crippen MR) is 86.6 cm³/mol. The fourth-order valence-electron chi connectivity index (χ4n) is 3.78. The topological polar surface area (TPSA) is 55.1 Å². The first-order chi connectivity index (χ1) is 10.3. The number of hydrogen-bond acceptors (Lipinski definition) is 2. The summed E-state index contributed by atoms with van der Waals surface area (Å²) in [6, 6.07) is 2.40. The molecule has 1 aromatic rings. The average Bonchev–Trinajstić information content (AvgIpc) is 3.11. The number of benzene rings is 1. The molecule has 1 amide bonds. The third kappa shape index (κ3) is 3.13. The number of rotatable bonds is 6. The van der Waals surface area contributed by atoms with Crippen LogP contribution in [0.3, 0.4) is 0 Å². The molecule has 2 aliphatic rings. The van der Waals surface area contributed by atoms with Gasteiger partial charge in [0, 0.05) is 12.1 Å². The Morgan fingerprint density at radius 1 is 1.00 bits per heavy atom. The Morgan fingerprint density at radius 2 is 1.67 bits per heavy atom. The summed E-state index contributed by atoms with van der Waals surface area (Å²) in [6.45, 7) is 0.724. The summed E-state index contributed by atoms with van der Waals surface area (Å²) in [5.41, 5.74) is 12.5. The third-order valence-electron chi connectivity index (χ3n) is 4.85. The van der Waals surface area contributed by atoms with Crippen molar-refractivity contribution >= 4 is 11.6 Å². The number of amides is 1. The van der Waals surface area contributed by atoms with Gasteiger partial charge in [-0.2, -0.15) is 0 Å². The Labute approximate surface area is 127 Å². The highest BCUT2D eigenvalue weighted by Crippen LogP contribution is 2.38. The van der Waals surface area contributed by atoms with Gasteiger partial charge in [-0.3, -0.25) is 4.79 Å². The predicted octanol–water partition coefficient (Wildman–Crippen LogP) is 3.12. The number of nitrogens with two attached hydrogens (primary N) is 1. The van der Waals surface area contributed by atoms with E-state index in [2.05, 4.69) is 11.4 Å². The molecule has 3 nitrogen and oxygen atoms in total. The number of carbonyl (C=O) groups excluding carboxylic acids is 1. The molecule has 1 aromatic carbocycles. The zero-order chi connectivity index (χ0) is 14.7. The minimum Gasteiger partial charge on any atom is -0.330 e. The van der Waals surface area contributed by atoms with Gasteiger partial charge < -0.3 is 11.1 Å². The molecule has 114 valence electrons. The zero-order valence-electron chi connectivity index (χ0n) is 12.8. The maximum Gasteiger partial charge on any atom is 0.224 e. The fourth-order valence-corrected chi connectivity index (χ4v) is 3.78. The number of carbonyl (C=O) groups is 1. The van der Waals surface area contributed by atoms with E-state index in [1.165, 1.54) is 53.6 Å². The molecule has 0 radical (unpaired) electrons. The molecule has 0 saturated carbocycles. The number of hydrogen-bond donors (Lipinski definition) is 2. The van der Waals surface area contributed by atoms with E-state index < -0.39 is 0 Å². The molecule has 0 bridgehead atoms. The lowest BCUT2D eigenvalue weighted by Gasteiger charge is -2.16. The van der Waals surface area contributed by atoms with Gasteiger partial charge >= 0.3 is 0 Å². The highest BCUT2D eigenvalue weighted by Gasteiger charge is 2.24. The second kappa shape index (κ2) is 6.61. The van der Waals surface area contributed by atoms with E-state index in [4.69, 9.17) is 5.73 Å². The van der Waals surface area contributed by atoms with Gasteiger partial charge in [0.05, 0.1) is 0 Å². The van der Waals surface area contributed by atoms with E-state index >= 15 is 0 Å². The van der Waals surface area contributed by atoms with Crippen molar-refractivity contribution in [1.82, 2.24) is 0 Å². The Kier molecular flexibility index (Phi) is 4.59. The normalized spacial score (nSPS) is 15.9. The molecule has 0 heterocycles. The summed E-state index contributed by atoms with van der Waals surface area (Å²) in [6.07, 6.45) is 10.7. The van der Waals surface area contributed by atoms with Crippen molar-refractivity contribution in [2.75, 3.05) is 11.9 Å². The van der Waals surface area contributed by atoms with Crippen molar-refractivity contribution < 1.29 is 4.79 Å². The molecule has 0 aliphatic heterocycles. The highest BCUT2D eigenvalue weighted by molar-refractivity contribution is 5.93. The van der Waals surface area contributed by atoms with Gasteiger partial charge in [0.1, 0.15) is 0 Å². The van der Waals surface area contributed by atoms with Crippen LogP contribution in [0.5, 0.6) is 0 Å². The van der Waals surface area contributed by atoms with E-state index in [1.54, 1.807) is 0 Å². The van der Waals surface area contributed by atoms with E-state index in [9.17, 15) is 4.79 Å².